The molecular formula is C13H19NO. The van der Waals surface area contributed by atoms with Gasteiger partial charge in [-0.1, -0.05) is 37.3 Å². The Kier molecular flexibility index (Phi) is 4.88. The lowest BCUT2D eigenvalue weighted by molar-refractivity contribution is -0.121. The lowest BCUT2D eigenvalue weighted by atomic mass is 10.1. The molecule has 0 radical (unpaired) electrons. The van der Waals surface area contributed by atoms with E-state index in [0.29, 0.717) is 6.42 Å². The van der Waals surface area contributed by atoms with E-state index in [1.165, 1.54) is 5.56 Å². The van der Waals surface area contributed by atoms with Crippen LogP contribution in [-0.2, 0) is 11.2 Å². The van der Waals surface area contributed by atoms with E-state index in [0.717, 1.165) is 12.8 Å². The van der Waals surface area contributed by atoms with E-state index < -0.39 is 0 Å². The van der Waals surface area contributed by atoms with Crippen molar-refractivity contribution in [3.05, 3.63) is 35.9 Å². The summed E-state index contributed by atoms with van der Waals surface area (Å²) in [6.07, 6.45) is 2.38. The number of rotatable bonds is 5. The fourth-order valence-corrected chi connectivity index (χ4v) is 1.35. The van der Waals surface area contributed by atoms with Crippen LogP contribution >= 0.6 is 0 Å². The number of aryl methyl sites for hydroxylation is 1. The van der Waals surface area contributed by atoms with Crippen molar-refractivity contribution < 1.29 is 4.79 Å². The van der Waals surface area contributed by atoms with Gasteiger partial charge < -0.3 is 5.32 Å². The van der Waals surface area contributed by atoms with E-state index in [2.05, 4.69) is 24.4 Å². The van der Waals surface area contributed by atoms with Crippen LogP contribution in [0.5, 0.6) is 0 Å². The Morgan fingerprint density at radius 3 is 2.60 bits per heavy atom. The highest BCUT2D eigenvalue weighted by Gasteiger charge is 2.04. The van der Waals surface area contributed by atoms with Gasteiger partial charge in [0.15, 0.2) is 0 Å². The molecule has 1 aromatic carbocycles. The van der Waals surface area contributed by atoms with E-state index in [1.807, 2.05) is 25.1 Å². The highest BCUT2D eigenvalue weighted by atomic mass is 16.1. The molecule has 1 rings (SSSR count). The molecule has 0 spiro atoms. The molecule has 0 heterocycles. The highest BCUT2D eigenvalue weighted by molar-refractivity contribution is 5.76. The topological polar surface area (TPSA) is 29.1 Å². The zero-order valence-electron chi connectivity index (χ0n) is 9.49. The second-order valence-electron chi connectivity index (χ2n) is 3.86. The molecule has 1 N–H and O–H groups in total. The SMILES string of the molecule is CCC(C)NC(=O)CCc1ccccc1. The van der Waals surface area contributed by atoms with E-state index >= 15 is 0 Å². The maximum absolute atomic E-state index is 11.5. The van der Waals surface area contributed by atoms with Gasteiger partial charge >= 0.3 is 0 Å². The first-order chi connectivity index (χ1) is 7.22. The fraction of sp³-hybridized carbons (Fsp3) is 0.462. The highest BCUT2D eigenvalue weighted by Crippen LogP contribution is 2.02. The molecule has 1 atom stereocenters. The van der Waals surface area contributed by atoms with Crippen LogP contribution in [0, 0.1) is 0 Å². The largest absolute Gasteiger partial charge is 0.354 e. The van der Waals surface area contributed by atoms with E-state index in [4.69, 9.17) is 0 Å². The van der Waals surface area contributed by atoms with Crippen molar-refractivity contribution in [2.24, 2.45) is 0 Å². The summed E-state index contributed by atoms with van der Waals surface area (Å²) < 4.78 is 0. The fourth-order valence-electron chi connectivity index (χ4n) is 1.35. The number of amides is 1. The Labute approximate surface area is 91.7 Å². The van der Waals surface area contributed by atoms with Crippen LogP contribution in [0.2, 0.25) is 0 Å². The number of benzene rings is 1. The molecule has 0 fully saturated rings. The predicted molar refractivity (Wildman–Crippen MR) is 62.7 cm³/mol. The zero-order chi connectivity index (χ0) is 11.1. The molecular weight excluding hydrogens is 186 g/mol. The number of hydrogen-bond acceptors (Lipinski definition) is 1. The zero-order valence-corrected chi connectivity index (χ0v) is 9.49. The summed E-state index contributed by atoms with van der Waals surface area (Å²) in [5, 5.41) is 2.96. The van der Waals surface area contributed by atoms with Crippen molar-refractivity contribution in [3.63, 3.8) is 0 Å². The molecule has 82 valence electrons. The van der Waals surface area contributed by atoms with Crippen LogP contribution in [0.3, 0.4) is 0 Å². The average Bonchev–Trinajstić information content (AvgIpc) is 2.27. The van der Waals surface area contributed by atoms with Gasteiger partial charge in [0, 0.05) is 12.5 Å². The van der Waals surface area contributed by atoms with E-state index in [-0.39, 0.29) is 11.9 Å². The quantitative estimate of drug-likeness (QED) is 0.786. The Hall–Kier alpha value is -1.31. The number of nitrogens with one attached hydrogen (secondary N) is 1. The number of hydrogen-bond donors (Lipinski definition) is 1. The molecule has 0 bridgehead atoms. The van der Waals surface area contributed by atoms with Crippen LogP contribution in [0.15, 0.2) is 30.3 Å². The smallest absolute Gasteiger partial charge is 0.220 e. The maximum Gasteiger partial charge on any atom is 0.220 e. The Bertz CT molecular complexity index is 295. The summed E-state index contributed by atoms with van der Waals surface area (Å²) in [4.78, 5) is 11.5. The Balaban J connectivity index is 2.29. The summed E-state index contributed by atoms with van der Waals surface area (Å²) in [6.45, 7) is 4.10. The first-order valence-electron chi connectivity index (χ1n) is 5.55. The minimum atomic E-state index is 0.146. The van der Waals surface area contributed by atoms with Crippen LogP contribution < -0.4 is 5.32 Å². The van der Waals surface area contributed by atoms with Gasteiger partial charge in [0.05, 0.1) is 0 Å². The van der Waals surface area contributed by atoms with Gasteiger partial charge in [-0.15, -0.1) is 0 Å². The Morgan fingerprint density at radius 2 is 2.00 bits per heavy atom. The van der Waals surface area contributed by atoms with Crippen molar-refractivity contribution in [1.29, 1.82) is 0 Å². The monoisotopic (exact) mass is 205 g/mol. The summed E-state index contributed by atoms with van der Waals surface area (Å²) in [6, 6.07) is 10.4. The minimum absolute atomic E-state index is 0.146. The van der Waals surface area contributed by atoms with Gasteiger partial charge in [-0.05, 0) is 25.3 Å². The van der Waals surface area contributed by atoms with Crippen molar-refractivity contribution in [2.45, 2.75) is 39.2 Å². The van der Waals surface area contributed by atoms with Crippen LogP contribution in [-0.4, -0.2) is 11.9 Å². The third-order valence-electron chi connectivity index (χ3n) is 2.50. The van der Waals surface area contributed by atoms with Gasteiger partial charge in [-0.25, -0.2) is 0 Å². The molecule has 0 saturated carbocycles. The lowest BCUT2D eigenvalue weighted by Crippen LogP contribution is -2.31. The van der Waals surface area contributed by atoms with Gasteiger partial charge in [0.1, 0.15) is 0 Å². The van der Waals surface area contributed by atoms with E-state index in [9.17, 15) is 4.79 Å². The summed E-state index contributed by atoms with van der Waals surface area (Å²) in [7, 11) is 0. The molecule has 1 aromatic rings. The van der Waals surface area contributed by atoms with Crippen molar-refractivity contribution in [2.75, 3.05) is 0 Å². The molecule has 0 saturated heterocycles. The molecule has 2 nitrogen and oxygen atoms in total. The number of carbonyl (C=O) groups excluding carboxylic acids is 1. The van der Waals surface area contributed by atoms with Gasteiger partial charge in [0.2, 0.25) is 5.91 Å². The molecule has 0 aliphatic heterocycles. The van der Waals surface area contributed by atoms with Crippen LogP contribution in [0.1, 0.15) is 32.3 Å². The maximum atomic E-state index is 11.5. The van der Waals surface area contributed by atoms with Crippen LogP contribution in [0.25, 0.3) is 0 Å². The molecule has 0 aliphatic rings. The normalized spacial score (nSPS) is 12.1. The molecule has 1 unspecified atom stereocenters. The second kappa shape index (κ2) is 6.23. The average molecular weight is 205 g/mol. The van der Waals surface area contributed by atoms with Gasteiger partial charge in [0.25, 0.3) is 0 Å². The molecule has 1 amide bonds. The van der Waals surface area contributed by atoms with E-state index in [1.54, 1.807) is 0 Å². The molecule has 0 aromatic heterocycles. The Morgan fingerprint density at radius 1 is 1.33 bits per heavy atom. The summed E-state index contributed by atoms with van der Waals surface area (Å²) >= 11 is 0. The predicted octanol–water partition coefficient (Wildman–Crippen LogP) is 2.53. The third-order valence-corrected chi connectivity index (χ3v) is 2.50. The number of carbonyl (C=O) groups is 1. The molecule has 0 aliphatic carbocycles. The van der Waals surface area contributed by atoms with Gasteiger partial charge in [-0.3, -0.25) is 4.79 Å². The standard InChI is InChI=1S/C13H19NO/c1-3-11(2)14-13(15)10-9-12-7-5-4-6-8-12/h4-8,11H,3,9-10H2,1-2H3,(H,14,15). The van der Waals surface area contributed by atoms with Crippen LogP contribution in [0.4, 0.5) is 0 Å². The summed E-state index contributed by atoms with van der Waals surface area (Å²) in [5.41, 5.74) is 1.22. The lowest BCUT2D eigenvalue weighted by Gasteiger charge is -2.10. The molecule has 2 heteroatoms. The van der Waals surface area contributed by atoms with Crippen molar-refractivity contribution in [1.82, 2.24) is 5.32 Å². The summed E-state index contributed by atoms with van der Waals surface area (Å²) in [5.74, 6) is 0.146. The minimum Gasteiger partial charge on any atom is -0.354 e. The first-order valence-corrected chi connectivity index (χ1v) is 5.55. The van der Waals surface area contributed by atoms with Crippen molar-refractivity contribution in [3.8, 4) is 0 Å². The van der Waals surface area contributed by atoms with Gasteiger partial charge in [-0.2, -0.15) is 0 Å². The second-order valence-corrected chi connectivity index (χ2v) is 3.86. The molecule has 15 heavy (non-hydrogen) atoms. The first kappa shape index (κ1) is 11.8. The van der Waals surface area contributed by atoms with Crippen molar-refractivity contribution >= 4 is 5.91 Å². The third kappa shape index (κ3) is 4.63.